The van der Waals surface area contributed by atoms with Gasteiger partial charge in [-0.2, -0.15) is 4.31 Å². The highest BCUT2D eigenvalue weighted by molar-refractivity contribution is 7.89. The third-order valence-electron chi connectivity index (χ3n) is 6.21. The second-order valence-electron chi connectivity index (χ2n) is 8.14. The van der Waals surface area contributed by atoms with Crippen LogP contribution in [0.5, 0.6) is 0 Å². The fourth-order valence-electron chi connectivity index (χ4n) is 4.53. The Balaban J connectivity index is 1.40. The highest BCUT2D eigenvalue weighted by Gasteiger charge is 2.31. The molecular weight excluding hydrogens is 390 g/mol. The van der Waals surface area contributed by atoms with E-state index >= 15 is 0 Å². The first-order valence-corrected chi connectivity index (χ1v) is 12.1. The van der Waals surface area contributed by atoms with Crippen molar-refractivity contribution in [2.24, 2.45) is 0 Å². The summed E-state index contributed by atoms with van der Waals surface area (Å²) in [4.78, 5) is 28.9. The normalized spacial score (nSPS) is 20.1. The number of nitrogens with zero attached hydrogens (tertiary/aromatic N) is 3. The van der Waals surface area contributed by atoms with E-state index in [0.717, 1.165) is 50.0 Å². The quantitative estimate of drug-likeness (QED) is 0.733. The summed E-state index contributed by atoms with van der Waals surface area (Å²) in [7, 11) is -3.45. The molecule has 0 N–H and O–H groups in total. The van der Waals surface area contributed by atoms with Crippen molar-refractivity contribution in [2.45, 2.75) is 56.3 Å². The van der Waals surface area contributed by atoms with Crippen LogP contribution in [0, 0.1) is 0 Å². The van der Waals surface area contributed by atoms with Gasteiger partial charge in [-0.1, -0.05) is 0 Å². The third kappa shape index (κ3) is 4.19. The number of carbonyl (C=O) groups excluding carboxylic acids is 2. The topological polar surface area (TPSA) is 78.0 Å². The molecule has 2 amide bonds. The van der Waals surface area contributed by atoms with Gasteiger partial charge in [0.05, 0.1) is 4.90 Å². The number of rotatable bonds is 5. The number of amides is 2. The molecule has 0 unspecified atom stereocenters. The van der Waals surface area contributed by atoms with Gasteiger partial charge in [0.15, 0.2) is 0 Å². The molecule has 0 bridgehead atoms. The molecule has 2 saturated heterocycles. The predicted molar refractivity (Wildman–Crippen MR) is 110 cm³/mol. The maximum absolute atomic E-state index is 12.8. The Morgan fingerprint density at radius 1 is 0.828 bits per heavy atom. The van der Waals surface area contributed by atoms with E-state index in [1.807, 2.05) is 4.90 Å². The molecule has 1 aromatic carbocycles. The Bertz CT molecular complexity index is 887. The monoisotopic (exact) mass is 419 g/mol. The predicted octanol–water partition coefficient (Wildman–Crippen LogP) is 2.15. The Morgan fingerprint density at radius 3 is 2.21 bits per heavy atom. The van der Waals surface area contributed by atoms with E-state index in [9.17, 15) is 18.0 Å². The van der Waals surface area contributed by atoms with Crippen LogP contribution >= 0.6 is 0 Å². The van der Waals surface area contributed by atoms with E-state index in [1.54, 1.807) is 27.4 Å². The van der Waals surface area contributed by atoms with Gasteiger partial charge in [0.1, 0.15) is 0 Å². The standard InChI is InChI=1S/C21H29N3O4S/c25-20(22-11-2-1-3-12-22)8-9-21(26)24-15-10-17-16-18(6-7-19(17)24)29(27,28)23-13-4-5-14-23/h6-7,16H,1-5,8-15H2. The molecule has 3 aliphatic rings. The van der Waals surface area contributed by atoms with Gasteiger partial charge in [0.2, 0.25) is 21.8 Å². The summed E-state index contributed by atoms with van der Waals surface area (Å²) in [5.74, 6) is -0.00576. The first-order chi connectivity index (χ1) is 14.0. The zero-order valence-corrected chi connectivity index (χ0v) is 17.6. The number of benzene rings is 1. The first-order valence-electron chi connectivity index (χ1n) is 10.7. The van der Waals surface area contributed by atoms with Crippen LogP contribution in [0.3, 0.4) is 0 Å². The van der Waals surface area contributed by atoms with Crippen molar-refractivity contribution >= 4 is 27.5 Å². The minimum atomic E-state index is -3.45. The van der Waals surface area contributed by atoms with Crippen LogP contribution in [0.1, 0.15) is 50.5 Å². The van der Waals surface area contributed by atoms with Crippen molar-refractivity contribution in [3.05, 3.63) is 23.8 Å². The molecule has 0 atom stereocenters. The molecule has 0 aromatic heterocycles. The molecule has 0 saturated carbocycles. The number of hydrogen-bond acceptors (Lipinski definition) is 4. The first kappa shape index (κ1) is 20.3. The zero-order valence-electron chi connectivity index (χ0n) is 16.8. The van der Waals surface area contributed by atoms with E-state index in [-0.39, 0.29) is 24.7 Å². The molecule has 29 heavy (non-hydrogen) atoms. The van der Waals surface area contributed by atoms with Gasteiger partial charge in [0.25, 0.3) is 0 Å². The van der Waals surface area contributed by atoms with E-state index < -0.39 is 10.0 Å². The number of fused-ring (bicyclic) bond motifs is 1. The minimum Gasteiger partial charge on any atom is -0.343 e. The average molecular weight is 420 g/mol. The lowest BCUT2D eigenvalue weighted by Gasteiger charge is -2.27. The number of hydrogen-bond donors (Lipinski definition) is 0. The van der Waals surface area contributed by atoms with Gasteiger partial charge in [-0.25, -0.2) is 8.42 Å². The van der Waals surface area contributed by atoms with Crippen molar-refractivity contribution < 1.29 is 18.0 Å². The molecule has 0 aliphatic carbocycles. The van der Waals surface area contributed by atoms with Crippen LogP contribution in [-0.2, 0) is 26.0 Å². The molecule has 8 heteroatoms. The number of sulfonamides is 1. The fraction of sp³-hybridized carbons (Fsp3) is 0.619. The maximum Gasteiger partial charge on any atom is 0.243 e. The minimum absolute atomic E-state index is 0.0597. The fourth-order valence-corrected chi connectivity index (χ4v) is 6.09. The number of anilines is 1. The Kier molecular flexibility index (Phi) is 5.92. The van der Waals surface area contributed by atoms with Gasteiger partial charge in [-0.3, -0.25) is 9.59 Å². The highest BCUT2D eigenvalue weighted by atomic mass is 32.2. The summed E-state index contributed by atoms with van der Waals surface area (Å²) in [5, 5.41) is 0. The lowest BCUT2D eigenvalue weighted by Crippen LogP contribution is -2.37. The van der Waals surface area contributed by atoms with Crippen LogP contribution < -0.4 is 4.90 Å². The molecular formula is C21H29N3O4S. The maximum atomic E-state index is 12.8. The van der Waals surface area contributed by atoms with Gasteiger partial charge < -0.3 is 9.80 Å². The number of carbonyl (C=O) groups is 2. The SMILES string of the molecule is O=C(CCC(=O)N1CCc2cc(S(=O)(=O)N3CCCC3)ccc21)N1CCCCC1. The Labute approximate surface area is 172 Å². The summed E-state index contributed by atoms with van der Waals surface area (Å²) >= 11 is 0. The van der Waals surface area contributed by atoms with Crippen LogP contribution in [0.15, 0.2) is 23.1 Å². The molecule has 158 valence electrons. The van der Waals surface area contributed by atoms with Crippen molar-refractivity contribution in [3.63, 3.8) is 0 Å². The zero-order chi connectivity index (χ0) is 20.4. The van der Waals surface area contributed by atoms with Crippen LogP contribution in [0.4, 0.5) is 5.69 Å². The number of piperidine rings is 1. The van der Waals surface area contributed by atoms with Gasteiger partial charge >= 0.3 is 0 Å². The lowest BCUT2D eigenvalue weighted by molar-refractivity contribution is -0.133. The molecule has 0 spiro atoms. The van der Waals surface area contributed by atoms with Gasteiger partial charge in [-0.15, -0.1) is 0 Å². The summed E-state index contributed by atoms with van der Waals surface area (Å²) in [6, 6.07) is 5.07. The summed E-state index contributed by atoms with van der Waals surface area (Å²) < 4.78 is 27.1. The molecule has 3 aliphatic heterocycles. The molecule has 4 rings (SSSR count). The molecule has 2 fully saturated rings. The summed E-state index contributed by atoms with van der Waals surface area (Å²) in [5.41, 5.74) is 1.67. The van der Waals surface area contributed by atoms with Crippen LogP contribution in [-0.4, -0.2) is 62.2 Å². The molecule has 0 radical (unpaired) electrons. The van der Waals surface area contributed by atoms with E-state index in [1.165, 1.54) is 6.42 Å². The Morgan fingerprint density at radius 2 is 1.48 bits per heavy atom. The van der Waals surface area contributed by atoms with Crippen molar-refractivity contribution in [1.29, 1.82) is 0 Å². The number of likely N-dealkylation sites (tertiary alicyclic amines) is 1. The Hall–Kier alpha value is -1.93. The second kappa shape index (κ2) is 8.44. The third-order valence-corrected chi connectivity index (χ3v) is 8.11. The van der Waals surface area contributed by atoms with E-state index in [4.69, 9.17) is 0 Å². The van der Waals surface area contributed by atoms with Crippen LogP contribution in [0.2, 0.25) is 0 Å². The van der Waals surface area contributed by atoms with Crippen molar-refractivity contribution in [3.8, 4) is 0 Å². The van der Waals surface area contributed by atoms with Crippen molar-refractivity contribution in [2.75, 3.05) is 37.6 Å². The van der Waals surface area contributed by atoms with Gasteiger partial charge in [0, 0.05) is 51.3 Å². The van der Waals surface area contributed by atoms with E-state index in [0.29, 0.717) is 31.0 Å². The van der Waals surface area contributed by atoms with Crippen molar-refractivity contribution in [1.82, 2.24) is 9.21 Å². The van der Waals surface area contributed by atoms with Gasteiger partial charge in [-0.05, 0) is 62.3 Å². The highest BCUT2D eigenvalue weighted by Crippen LogP contribution is 2.32. The average Bonchev–Trinajstić information content (AvgIpc) is 3.42. The summed E-state index contributed by atoms with van der Waals surface area (Å²) in [6.07, 6.45) is 6.15. The molecule has 3 heterocycles. The largest absolute Gasteiger partial charge is 0.343 e. The van der Waals surface area contributed by atoms with E-state index in [2.05, 4.69) is 0 Å². The lowest BCUT2D eigenvalue weighted by atomic mass is 10.1. The molecule has 1 aromatic rings. The smallest absolute Gasteiger partial charge is 0.243 e. The second-order valence-corrected chi connectivity index (χ2v) is 10.1. The summed E-state index contributed by atoms with van der Waals surface area (Å²) in [6.45, 7) is 3.30. The van der Waals surface area contributed by atoms with Crippen LogP contribution in [0.25, 0.3) is 0 Å². The molecule has 7 nitrogen and oxygen atoms in total.